The highest BCUT2D eigenvalue weighted by molar-refractivity contribution is 7.90. The van der Waals surface area contributed by atoms with Crippen LogP contribution < -0.4 is 14.4 Å². The van der Waals surface area contributed by atoms with Crippen molar-refractivity contribution < 1.29 is 22.4 Å². The first-order valence-corrected chi connectivity index (χ1v) is 14.0. The molecule has 0 aliphatic carbocycles. The van der Waals surface area contributed by atoms with Gasteiger partial charge in [-0.3, -0.25) is 0 Å². The van der Waals surface area contributed by atoms with Crippen LogP contribution in [-0.4, -0.2) is 54.0 Å². The predicted octanol–water partition coefficient (Wildman–Crippen LogP) is 4.44. The Morgan fingerprint density at radius 3 is 2.57 bits per heavy atom. The van der Waals surface area contributed by atoms with Crippen molar-refractivity contribution in [2.75, 3.05) is 24.2 Å². The molecule has 0 unspecified atom stereocenters. The second-order valence-corrected chi connectivity index (χ2v) is 11.6. The molecule has 4 heterocycles. The number of hydrogen-bond donors (Lipinski definition) is 0. The third kappa shape index (κ3) is 5.22. The standard InChI is InChI=1S/C23H25N5O5S2/c1-14(2)20-26-22(33-27-20)28-12-10-15(11-13-28)31-23-24-16-8-9-19(25-21(16)34-23)32-17-6-4-5-7-18(17)35(3,29)30/h4-9,14-15H,10-13H2,1-3H3. The molecular formula is C23H25N5O5S2. The molecule has 4 aromatic rings. The molecule has 1 aromatic carbocycles. The van der Waals surface area contributed by atoms with Crippen LogP contribution >= 0.6 is 11.3 Å². The van der Waals surface area contributed by atoms with E-state index in [9.17, 15) is 8.42 Å². The number of thiazole rings is 1. The highest BCUT2D eigenvalue weighted by Crippen LogP contribution is 2.33. The van der Waals surface area contributed by atoms with Crippen molar-refractivity contribution in [3.05, 3.63) is 42.2 Å². The Labute approximate surface area is 206 Å². The Balaban J connectivity index is 1.24. The van der Waals surface area contributed by atoms with Crippen LogP contribution in [0.3, 0.4) is 0 Å². The molecular weight excluding hydrogens is 490 g/mol. The lowest BCUT2D eigenvalue weighted by Gasteiger charge is -2.29. The van der Waals surface area contributed by atoms with Gasteiger partial charge in [-0.15, -0.1) is 0 Å². The van der Waals surface area contributed by atoms with E-state index in [1.54, 1.807) is 30.3 Å². The summed E-state index contributed by atoms with van der Waals surface area (Å²) in [6, 6.07) is 10.5. The second-order valence-electron chi connectivity index (χ2n) is 8.67. The number of piperidine rings is 1. The van der Waals surface area contributed by atoms with Gasteiger partial charge in [0.25, 0.3) is 5.19 Å². The van der Waals surface area contributed by atoms with Crippen LogP contribution in [0.25, 0.3) is 10.3 Å². The molecule has 184 valence electrons. The lowest BCUT2D eigenvalue weighted by molar-refractivity contribution is 0.168. The van der Waals surface area contributed by atoms with Gasteiger partial charge in [0, 0.05) is 44.2 Å². The van der Waals surface area contributed by atoms with Gasteiger partial charge in [-0.2, -0.15) is 4.98 Å². The number of ether oxygens (including phenoxy) is 2. The summed E-state index contributed by atoms with van der Waals surface area (Å²) in [4.78, 5) is 16.4. The van der Waals surface area contributed by atoms with Crippen molar-refractivity contribution in [3.63, 3.8) is 0 Å². The summed E-state index contributed by atoms with van der Waals surface area (Å²) >= 11 is 1.33. The maximum absolute atomic E-state index is 12.0. The van der Waals surface area contributed by atoms with Gasteiger partial charge in [0.15, 0.2) is 20.5 Å². The van der Waals surface area contributed by atoms with Gasteiger partial charge in [0.2, 0.25) is 5.88 Å². The van der Waals surface area contributed by atoms with Crippen molar-refractivity contribution in [2.24, 2.45) is 0 Å². The minimum absolute atomic E-state index is 0.0247. The van der Waals surface area contributed by atoms with E-state index in [0.717, 1.165) is 32.2 Å². The maximum Gasteiger partial charge on any atom is 0.324 e. The SMILES string of the molecule is CC(C)c1noc(N2CCC(Oc3nc4ccc(Oc5ccccc5S(C)(=O)=O)nc4s3)CC2)n1. The molecule has 5 rings (SSSR count). The van der Waals surface area contributed by atoms with Crippen molar-refractivity contribution in [3.8, 4) is 16.8 Å². The van der Waals surface area contributed by atoms with Gasteiger partial charge in [-0.1, -0.05) is 42.5 Å². The Hall–Kier alpha value is -3.25. The van der Waals surface area contributed by atoms with Gasteiger partial charge in [0.05, 0.1) is 0 Å². The van der Waals surface area contributed by atoms with E-state index in [1.807, 2.05) is 13.8 Å². The van der Waals surface area contributed by atoms with Crippen LogP contribution in [0.4, 0.5) is 6.01 Å². The van der Waals surface area contributed by atoms with E-state index in [0.29, 0.717) is 27.4 Å². The molecule has 10 nitrogen and oxygen atoms in total. The number of aromatic nitrogens is 4. The van der Waals surface area contributed by atoms with Crippen LogP contribution in [0, 0.1) is 0 Å². The van der Waals surface area contributed by atoms with Crippen LogP contribution in [0.1, 0.15) is 38.4 Å². The molecule has 0 radical (unpaired) electrons. The monoisotopic (exact) mass is 515 g/mol. The van der Waals surface area contributed by atoms with E-state index in [2.05, 4.69) is 25.0 Å². The minimum atomic E-state index is -3.43. The molecule has 0 atom stereocenters. The Kier molecular flexibility index (Phi) is 6.32. The molecule has 1 aliphatic heterocycles. The highest BCUT2D eigenvalue weighted by atomic mass is 32.2. The number of pyridine rings is 1. The fourth-order valence-corrected chi connectivity index (χ4v) is 5.39. The first-order chi connectivity index (χ1) is 16.8. The molecule has 1 aliphatic rings. The van der Waals surface area contributed by atoms with E-state index in [4.69, 9.17) is 14.0 Å². The summed E-state index contributed by atoms with van der Waals surface area (Å²) in [5.74, 6) is 1.46. The predicted molar refractivity (Wildman–Crippen MR) is 131 cm³/mol. The number of nitrogens with zero attached hydrogens (tertiary/aromatic N) is 5. The lowest BCUT2D eigenvalue weighted by Crippen LogP contribution is -2.38. The first-order valence-electron chi connectivity index (χ1n) is 11.3. The normalized spacial score (nSPS) is 15.1. The number of rotatable bonds is 7. The molecule has 12 heteroatoms. The third-order valence-corrected chi connectivity index (χ3v) is 7.59. The maximum atomic E-state index is 12.0. The van der Waals surface area contributed by atoms with E-state index in [-0.39, 0.29) is 28.5 Å². The number of fused-ring (bicyclic) bond motifs is 1. The molecule has 0 saturated carbocycles. The van der Waals surface area contributed by atoms with Gasteiger partial charge >= 0.3 is 6.01 Å². The summed E-state index contributed by atoms with van der Waals surface area (Å²) in [6.07, 6.45) is 2.78. The smallest absolute Gasteiger partial charge is 0.324 e. The number of benzene rings is 1. The summed E-state index contributed by atoms with van der Waals surface area (Å²) in [5, 5.41) is 4.58. The fourth-order valence-electron chi connectivity index (χ4n) is 3.74. The zero-order valence-corrected chi connectivity index (χ0v) is 21.2. The van der Waals surface area contributed by atoms with Gasteiger partial charge in [0.1, 0.15) is 22.3 Å². The van der Waals surface area contributed by atoms with Crippen molar-refractivity contribution in [1.29, 1.82) is 0 Å². The minimum Gasteiger partial charge on any atom is -0.467 e. The summed E-state index contributed by atoms with van der Waals surface area (Å²) in [6.45, 7) is 5.58. The topological polar surface area (TPSA) is 121 Å². The molecule has 0 N–H and O–H groups in total. The van der Waals surface area contributed by atoms with E-state index < -0.39 is 9.84 Å². The van der Waals surface area contributed by atoms with Crippen LogP contribution in [0.15, 0.2) is 45.8 Å². The van der Waals surface area contributed by atoms with Gasteiger partial charge in [-0.05, 0) is 18.2 Å². The zero-order chi connectivity index (χ0) is 24.6. The first kappa shape index (κ1) is 23.5. The average Bonchev–Trinajstić information content (AvgIpc) is 3.46. The van der Waals surface area contributed by atoms with Crippen LogP contribution in [0.5, 0.6) is 16.8 Å². The Morgan fingerprint density at radius 2 is 1.86 bits per heavy atom. The average molecular weight is 516 g/mol. The number of hydrogen-bond acceptors (Lipinski definition) is 11. The van der Waals surface area contributed by atoms with Crippen LogP contribution in [-0.2, 0) is 9.84 Å². The molecule has 3 aromatic heterocycles. The van der Waals surface area contributed by atoms with Crippen molar-refractivity contribution in [1.82, 2.24) is 20.1 Å². The Morgan fingerprint density at radius 1 is 1.09 bits per heavy atom. The Bertz CT molecular complexity index is 1440. The molecule has 0 spiro atoms. The largest absolute Gasteiger partial charge is 0.467 e. The van der Waals surface area contributed by atoms with Crippen molar-refractivity contribution in [2.45, 2.75) is 43.6 Å². The number of para-hydroxylation sites is 1. The third-order valence-electron chi connectivity index (χ3n) is 5.60. The quantitative estimate of drug-likeness (QED) is 0.349. The van der Waals surface area contributed by atoms with E-state index in [1.165, 1.54) is 17.4 Å². The number of sulfone groups is 1. The fraction of sp³-hybridized carbons (Fsp3) is 0.391. The summed E-state index contributed by atoms with van der Waals surface area (Å²) < 4.78 is 41.4. The zero-order valence-electron chi connectivity index (χ0n) is 19.5. The van der Waals surface area contributed by atoms with E-state index >= 15 is 0 Å². The van der Waals surface area contributed by atoms with Crippen molar-refractivity contribution >= 4 is 37.5 Å². The second kappa shape index (κ2) is 9.42. The molecule has 0 bridgehead atoms. The molecule has 0 amide bonds. The number of anilines is 1. The molecule has 35 heavy (non-hydrogen) atoms. The molecule has 1 saturated heterocycles. The lowest BCUT2D eigenvalue weighted by atomic mass is 10.1. The molecule has 1 fully saturated rings. The van der Waals surface area contributed by atoms with Gasteiger partial charge < -0.3 is 18.9 Å². The summed E-state index contributed by atoms with van der Waals surface area (Å²) in [7, 11) is -3.43. The van der Waals surface area contributed by atoms with Gasteiger partial charge in [-0.25, -0.2) is 18.4 Å². The summed E-state index contributed by atoms with van der Waals surface area (Å²) in [5.41, 5.74) is 0.693. The highest BCUT2D eigenvalue weighted by Gasteiger charge is 2.25. The van der Waals surface area contributed by atoms with Crippen LogP contribution in [0.2, 0.25) is 0 Å².